The van der Waals surface area contributed by atoms with Crippen molar-refractivity contribution in [2.45, 2.75) is 23.5 Å². The normalized spacial score (nSPS) is 18.6. The first-order valence-corrected chi connectivity index (χ1v) is 7.25. The molecule has 0 radical (unpaired) electrons. The van der Waals surface area contributed by atoms with Crippen molar-refractivity contribution in [1.29, 1.82) is 0 Å². The third-order valence-electron chi connectivity index (χ3n) is 3.28. The Morgan fingerprint density at radius 2 is 2.17 bits per heavy atom. The number of anilines is 1. The Labute approximate surface area is 112 Å². The second-order valence-corrected chi connectivity index (χ2v) is 5.14. The van der Waals surface area contributed by atoms with Gasteiger partial charge in [-0.05, 0) is 18.4 Å². The number of hydrogen-bond acceptors (Lipinski definition) is 6. The van der Waals surface area contributed by atoms with Crippen molar-refractivity contribution in [1.82, 2.24) is 10.2 Å². The van der Waals surface area contributed by atoms with Gasteiger partial charge in [0, 0.05) is 39.7 Å². The van der Waals surface area contributed by atoms with E-state index in [1.54, 1.807) is 18.9 Å². The fourth-order valence-electron chi connectivity index (χ4n) is 1.97. The third-order valence-corrected chi connectivity index (χ3v) is 3.91. The molecule has 0 atom stereocenters. The summed E-state index contributed by atoms with van der Waals surface area (Å²) in [5.74, 6) is 0.788. The molecule has 6 heteroatoms. The van der Waals surface area contributed by atoms with Gasteiger partial charge in [0.1, 0.15) is 10.8 Å². The molecule has 5 nitrogen and oxygen atoms in total. The van der Waals surface area contributed by atoms with Crippen LogP contribution in [0, 0.1) is 0 Å². The topological polar surface area (TPSA) is 56.3 Å². The van der Waals surface area contributed by atoms with E-state index in [2.05, 4.69) is 15.5 Å². The van der Waals surface area contributed by atoms with Gasteiger partial charge >= 0.3 is 0 Å². The molecule has 0 aliphatic carbocycles. The van der Waals surface area contributed by atoms with Gasteiger partial charge in [0.15, 0.2) is 0 Å². The summed E-state index contributed by atoms with van der Waals surface area (Å²) in [4.78, 5) is 0. The van der Waals surface area contributed by atoms with E-state index in [1.165, 1.54) is 0 Å². The molecule has 1 aromatic rings. The quantitative estimate of drug-likeness (QED) is 0.823. The Hall–Kier alpha value is -0.850. The van der Waals surface area contributed by atoms with Crippen LogP contribution in [0.15, 0.2) is 17.2 Å². The number of ether oxygens (including phenoxy) is 2. The number of thioether (sulfide) groups is 1. The summed E-state index contributed by atoms with van der Waals surface area (Å²) in [7, 11) is 1.76. The highest BCUT2D eigenvalue weighted by Gasteiger charge is 2.32. The molecule has 0 amide bonds. The SMILES string of the molecule is COC1(CNc2ccc(SC)nn2)CCOCC1. The molecule has 1 aliphatic rings. The lowest BCUT2D eigenvalue weighted by Gasteiger charge is -2.36. The predicted molar refractivity (Wildman–Crippen MR) is 72.1 cm³/mol. The summed E-state index contributed by atoms with van der Waals surface area (Å²) in [6.07, 6.45) is 3.80. The standard InChI is InChI=1S/C12H19N3O2S/c1-16-12(5-7-17-8-6-12)9-13-10-3-4-11(18-2)15-14-10/h3-4H,5-9H2,1-2H3,(H,13,14). The summed E-state index contributed by atoms with van der Waals surface area (Å²) >= 11 is 1.58. The van der Waals surface area contributed by atoms with Crippen LogP contribution in [-0.2, 0) is 9.47 Å². The second-order valence-electron chi connectivity index (χ2n) is 4.31. The lowest BCUT2D eigenvalue weighted by molar-refractivity contribution is -0.0807. The van der Waals surface area contributed by atoms with Gasteiger partial charge in [0.2, 0.25) is 0 Å². The van der Waals surface area contributed by atoms with Crippen LogP contribution in [-0.4, -0.2) is 48.9 Å². The average molecular weight is 269 g/mol. The lowest BCUT2D eigenvalue weighted by atomic mass is 9.94. The zero-order valence-electron chi connectivity index (χ0n) is 10.8. The molecule has 2 rings (SSSR count). The fourth-order valence-corrected chi connectivity index (χ4v) is 2.30. The van der Waals surface area contributed by atoms with Crippen LogP contribution in [0.4, 0.5) is 5.82 Å². The summed E-state index contributed by atoms with van der Waals surface area (Å²) in [6, 6.07) is 3.91. The van der Waals surface area contributed by atoms with Crippen molar-refractivity contribution in [2.75, 3.05) is 38.4 Å². The molecule has 1 aliphatic heterocycles. The van der Waals surface area contributed by atoms with Crippen LogP contribution >= 0.6 is 11.8 Å². The molecule has 0 bridgehead atoms. The van der Waals surface area contributed by atoms with E-state index >= 15 is 0 Å². The average Bonchev–Trinajstić information content (AvgIpc) is 2.47. The number of nitrogens with zero attached hydrogens (tertiary/aromatic N) is 2. The third kappa shape index (κ3) is 3.34. The van der Waals surface area contributed by atoms with Gasteiger partial charge in [-0.25, -0.2) is 0 Å². The Morgan fingerprint density at radius 1 is 1.39 bits per heavy atom. The number of aromatic nitrogens is 2. The van der Waals surface area contributed by atoms with Gasteiger partial charge in [-0.3, -0.25) is 0 Å². The molecular weight excluding hydrogens is 250 g/mol. The van der Waals surface area contributed by atoms with Crippen molar-refractivity contribution in [2.24, 2.45) is 0 Å². The maximum absolute atomic E-state index is 5.65. The van der Waals surface area contributed by atoms with Crippen LogP contribution in [0.5, 0.6) is 0 Å². The minimum absolute atomic E-state index is 0.141. The Balaban J connectivity index is 1.92. The molecule has 100 valence electrons. The van der Waals surface area contributed by atoms with E-state index in [4.69, 9.17) is 9.47 Å². The van der Waals surface area contributed by atoms with E-state index < -0.39 is 0 Å². The molecule has 0 spiro atoms. The van der Waals surface area contributed by atoms with Crippen molar-refractivity contribution in [3.63, 3.8) is 0 Å². The molecule has 1 saturated heterocycles. The number of nitrogens with one attached hydrogen (secondary N) is 1. The molecule has 0 unspecified atom stereocenters. The summed E-state index contributed by atoms with van der Waals surface area (Å²) in [6.45, 7) is 2.25. The number of rotatable bonds is 5. The first-order valence-electron chi connectivity index (χ1n) is 6.02. The summed E-state index contributed by atoms with van der Waals surface area (Å²) in [5, 5.41) is 12.4. The summed E-state index contributed by atoms with van der Waals surface area (Å²) in [5.41, 5.74) is -0.141. The molecule has 18 heavy (non-hydrogen) atoms. The zero-order chi connectivity index (χ0) is 12.8. The van der Waals surface area contributed by atoms with E-state index in [1.807, 2.05) is 18.4 Å². The van der Waals surface area contributed by atoms with Gasteiger partial charge in [-0.1, -0.05) is 0 Å². The van der Waals surface area contributed by atoms with Crippen LogP contribution < -0.4 is 5.32 Å². The zero-order valence-corrected chi connectivity index (χ0v) is 11.6. The minimum Gasteiger partial charge on any atom is -0.381 e. The van der Waals surface area contributed by atoms with Crippen LogP contribution in [0.3, 0.4) is 0 Å². The largest absolute Gasteiger partial charge is 0.381 e. The molecule has 1 N–H and O–H groups in total. The highest BCUT2D eigenvalue weighted by atomic mass is 32.2. The number of methoxy groups -OCH3 is 1. The van der Waals surface area contributed by atoms with Crippen LogP contribution in [0.25, 0.3) is 0 Å². The van der Waals surface area contributed by atoms with Gasteiger partial charge in [0.25, 0.3) is 0 Å². The van der Waals surface area contributed by atoms with E-state index in [-0.39, 0.29) is 5.60 Å². The molecule has 2 heterocycles. The molecule has 0 aromatic carbocycles. The van der Waals surface area contributed by atoms with Crippen molar-refractivity contribution >= 4 is 17.6 Å². The van der Waals surface area contributed by atoms with E-state index in [0.29, 0.717) is 0 Å². The summed E-state index contributed by atoms with van der Waals surface area (Å²) < 4.78 is 11.0. The minimum atomic E-state index is -0.141. The molecular formula is C12H19N3O2S. The Morgan fingerprint density at radius 3 is 2.72 bits per heavy atom. The van der Waals surface area contributed by atoms with Gasteiger partial charge in [-0.2, -0.15) is 0 Å². The molecule has 0 saturated carbocycles. The van der Waals surface area contributed by atoms with E-state index in [9.17, 15) is 0 Å². The Kier molecular flexibility index (Phi) is 4.79. The maximum Gasteiger partial charge on any atom is 0.148 e. The van der Waals surface area contributed by atoms with Crippen LogP contribution in [0.1, 0.15) is 12.8 Å². The fraction of sp³-hybridized carbons (Fsp3) is 0.667. The van der Waals surface area contributed by atoms with Crippen molar-refractivity contribution < 1.29 is 9.47 Å². The predicted octanol–water partition coefficient (Wildman–Crippen LogP) is 1.81. The van der Waals surface area contributed by atoms with Gasteiger partial charge in [0.05, 0.1) is 5.60 Å². The monoisotopic (exact) mass is 269 g/mol. The van der Waals surface area contributed by atoms with Crippen molar-refractivity contribution in [3.05, 3.63) is 12.1 Å². The van der Waals surface area contributed by atoms with E-state index in [0.717, 1.165) is 43.4 Å². The lowest BCUT2D eigenvalue weighted by Crippen LogP contribution is -2.44. The second kappa shape index (κ2) is 6.36. The highest BCUT2D eigenvalue weighted by molar-refractivity contribution is 7.98. The smallest absolute Gasteiger partial charge is 0.148 e. The highest BCUT2D eigenvalue weighted by Crippen LogP contribution is 2.24. The first kappa shape index (κ1) is 13.6. The van der Waals surface area contributed by atoms with Crippen LogP contribution in [0.2, 0.25) is 0 Å². The Bertz CT molecular complexity index is 366. The number of hydrogen-bond donors (Lipinski definition) is 1. The van der Waals surface area contributed by atoms with Gasteiger partial charge < -0.3 is 14.8 Å². The molecule has 1 aromatic heterocycles. The van der Waals surface area contributed by atoms with Gasteiger partial charge in [-0.15, -0.1) is 22.0 Å². The molecule has 1 fully saturated rings. The maximum atomic E-state index is 5.65. The van der Waals surface area contributed by atoms with Crippen molar-refractivity contribution in [3.8, 4) is 0 Å². The first-order chi connectivity index (χ1) is 8.78.